The Kier molecular flexibility index (Phi) is 5.95. The van der Waals surface area contributed by atoms with Gasteiger partial charge in [0.1, 0.15) is 12.4 Å². The monoisotopic (exact) mass is 325 g/mol. The highest BCUT2D eigenvalue weighted by Crippen LogP contribution is 2.15. The number of nitrogens with one attached hydrogen (secondary N) is 1. The Labute approximate surface area is 132 Å². The minimum atomic E-state index is -0.0392. The van der Waals surface area contributed by atoms with E-state index in [1.165, 1.54) is 11.8 Å². The van der Waals surface area contributed by atoms with Crippen LogP contribution in [0.5, 0.6) is 5.75 Å². The Morgan fingerprint density at radius 1 is 1.43 bits per heavy atom. The Hall–Kier alpha value is -1.66. The van der Waals surface area contributed by atoms with E-state index < -0.39 is 0 Å². The van der Waals surface area contributed by atoms with Gasteiger partial charge in [0.15, 0.2) is 5.16 Å². The van der Waals surface area contributed by atoms with Crippen LogP contribution >= 0.6 is 23.4 Å². The standard InChI is InChI=1S/C14H16ClN3O2S/c1-18-8-6-17-14(18)21-10-13(19)16-7-9-20-12-4-2-11(15)3-5-12/h2-6,8H,7,9-10H2,1H3,(H,16,19). The molecule has 2 rings (SSSR count). The molecule has 112 valence electrons. The first-order chi connectivity index (χ1) is 10.1. The molecule has 0 spiro atoms. The minimum Gasteiger partial charge on any atom is -0.492 e. The van der Waals surface area contributed by atoms with E-state index in [2.05, 4.69) is 10.3 Å². The van der Waals surface area contributed by atoms with Crippen molar-refractivity contribution in [2.45, 2.75) is 5.16 Å². The molecule has 21 heavy (non-hydrogen) atoms. The van der Waals surface area contributed by atoms with Gasteiger partial charge < -0.3 is 14.6 Å². The number of ether oxygens (including phenoxy) is 1. The van der Waals surface area contributed by atoms with Crippen LogP contribution in [0.3, 0.4) is 0 Å². The molecule has 0 aliphatic rings. The fraction of sp³-hybridized carbons (Fsp3) is 0.286. The maximum absolute atomic E-state index is 11.7. The first-order valence-electron chi connectivity index (χ1n) is 6.40. The Morgan fingerprint density at radius 3 is 2.86 bits per heavy atom. The lowest BCUT2D eigenvalue weighted by atomic mass is 10.3. The van der Waals surface area contributed by atoms with Gasteiger partial charge in [0.2, 0.25) is 5.91 Å². The molecule has 0 unspecified atom stereocenters. The van der Waals surface area contributed by atoms with E-state index in [1.54, 1.807) is 30.5 Å². The third-order valence-corrected chi connectivity index (χ3v) is 3.93. The van der Waals surface area contributed by atoms with E-state index in [9.17, 15) is 4.79 Å². The summed E-state index contributed by atoms with van der Waals surface area (Å²) in [6.07, 6.45) is 3.56. The van der Waals surface area contributed by atoms with Crippen molar-refractivity contribution in [3.63, 3.8) is 0 Å². The van der Waals surface area contributed by atoms with E-state index in [0.29, 0.717) is 23.9 Å². The van der Waals surface area contributed by atoms with Crippen molar-refractivity contribution in [3.8, 4) is 5.75 Å². The predicted molar refractivity (Wildman–Crippen MR) is 83.9 cm³/mol. The van der Waals surface area contributed by atoms with Gasteiger partial charge in [-0.2, -0.15) is 0 Å². The van der Waals surface area contributed by atoms with Crippen molar-refractivity contribution in [1.29, 1.82) is 0 Å². The lowest BCUT2D eigenvalue weighted by Gasteiger charge is -2.07. The van der Waals surface area contributed by atoms with E-state index >= 15 is 0 Å². The Bertz CT molecular complexity index is 586. The third-order valence-electron chi connectivity index (χ3n) is 2.62. The highest BCUT2D eigenvalue weighted by molar-refractivity contribution is 7.99. The average Bonchev–Trinajstić information content (AvgIpc) is 2.89. The summed E-state index contributed by atoms with van der Waals surface area (Å²) < 4.78 is 7.36. The second kappa shape index (κ2) is 7.95. The number of rotatable bonds is 7. The number of thioether (sulfide) groups is 1. The molecule has 1 aromatic carbocycles. The maximum atomic E-state index is 11.7. The second-order valence-electron chi connectivity index (χ2n) is 4.26. The summed E-state index contributed by atoms with van der Waals surface area (Å²) in [7, 11) is 1.90. The van der Waals surface area contributed by atoms with Crippen LogP contribution in [0.1, 0.15) is 0 Å². The van der Waals surface area contributed by atoms with Gasteiger partial charge >= 0.3 is 0 Å². The smallest absolute Gasteiger partial charge is 0.230 e. The lowest BCUT2D eigenvalue weighted by Crippen LogP contribution is -2.29. The summed E-state index contributed by atoms with van der Waals surface area (Å²) in [5, 5.41) is 4.29. The molecule has 0 aliphatic carbocycles. The van der Waals surface area contributed by atoms with Crippen molar-refractivity contribution in [1.82, 2.24) is 14.9 Å². The molecule has 5 nitrogen and oxygen atoms in total. The molecule has 1 aromatic heterocycles. The van der Waals surface area contributed by atoms with Crippen LogP contribution in [-0.2, 0) is 11.8 Å². The number of aryl methyl sites for hydroxylation is 1. The molecule has 0 fully saturated rings. The second-order valence-corrected chi connectivity index (χ2v) is 5.64. The zero-order chi connectivity index (χ0) is 15.1. The summed E-state index contributed by atoms with van der Waals surface area (Å²) in [4.78, 5) is 15.8. The van der Waals surface area contributed by atoms with Gasteiger partial charge in [-0.1, -0.05) is 23.4 Å². The number of carbonyl (C=O) groups is 1. The summed E-state index contributed by atoms with van der Waals surface area (Å²) >= 11 is 7.18. The lowest BCUT2D eigenvalue weighted by molar-refractivity contribution is -0.118. The highest BCUT2D eigenvalue weighted by Gasteiger charge is 2.05. The molecule has 1 amide bonds. The van der Waals surface area contributed by atoms with Gasteiger partial charge in [0, 0.05) is 24.5 Å². The Balaban J connectivity index is 1.61. The largest absolute Gasteiger partial charge is 0.492 e. The van der Waals surface area contributed by atoms with E-state index in [-0.39, 0.29) is 5.91 Å². The minimum absolute atomic E-state index is 0.0392. The van der Waals surface area contributed by atoms with E-state index in [0.717, 1.165) is 10.9 Å². The van der Waals surface area contributed by atoms with Crippen LogP contribution in [0.4, 0.5) is 0 Å². The average molecular weight is 326 g/mol. The summed E-state index contributed by atoms with van der Waals surface area (Å²) in [6.45, 7) is 0.878. The van der Waals surface area contributed by atoms with Crippen molar-refractivity contribution in [2.24, 2.45) is 7.05 Å². The predicted octanol–water partition coefficient (Wildman–Crippen LogP) is 2.36. The first-order valence-corrected chi connectivity index (χ1v) is 7.76. The van der Waals surface area contributed by atoms with Gasteiger partial charge in [-0.25, -0.2) is 4.98 Å². The third kappa shape index (κ3) is 5.32. The normalized spacial score (nSPS) is 10.4. The molecule has 7 heteroatoms. The summed E-state index contributed by atoms with van der Waals surface area (Å²) in [5.74, 6) is 1.03. The van der Waals surface area contributed by atoms with Gasteiger partial charge in [-0.15, -0.1) is 0 Å². The molecule has 1 heterocycles. The number of nitrogens with zero attached hydrogens (tertiary/aromatic N) is 2. The van der Waals surface area contributed by atoms with Crippen LogP contribution in [0, 0.1) is 0 Å². The van der Waals surface area contributed by atoms with Crippen LogP contribution in [0.15, 0.2) is 41.8 Å². The molecule has 0 bridgehead atoms. The number of hydrogen-bond acceptors (Lipinski definition) is 4. The topological polar surface area (TPSA) is 56.2 Å². The highest BCUT2D eigenvalue weighted by atomic mass is 35.5. The van der Waals surface area contributed by atoms with Crippen LogP contribution in [0.2, 0.25) is 5.02 Å². The fourth-order valence-electron chi connectivity index (χ4n) is 1.56. The number of aromatic nitrogens is 2. The summed E-state index contributed by atoms with van der Waals surface area (Å²) in [5.41, 5.74) is 0. The Morgan fingerprint density at radius 2 is 2.19 bits per heavy atom. The molecule has 1 N–H and O–H groups in total. The first kappa shape index (κ1) is 15.7. The molecule has 0 radical (unpaired) electrons. The van der Waals surface area contributed by atoms with Crippen LogP contribution < -0.4 is 10.1 Å². The number of hydrogen-bond donors (Lipinski definition) is 1. The van der Waals surface area contributed by atoms with Crippen LogP contribution in [-0.4, -0.2) is 34.4 Å². The number of halogens is 1. The van der Waals surface area contributed by atoms with Crippen molar-refractivity contribution < 1.29 is 9.53 Å². The van der Waals surface area contributed by atoms with Gasteiger partial charge in [-0.05, 0) is 24.3 Å². The molecule has 0 saturated heterocycles. The van der Waals surface area contributed by atoms with Gasteiger partial charge in [-0.3, -0.25) is 4.79 Å². The molecule has 0 atom stereocenters. The maximum Gasteiger partial charge on any atom is 0.230 e. The zero-order valence-corrected chi connectivity index (χ0v) is 13.2. The SMILES string of the molecule is Cn1ccnc1SCC(=O)NCCOc1ccc(Cl)cc1. The van der Waals surface area contributed by atoms with Crippen molar-refractivity contribution in [2.75, 3.05) is 18.9 Å². The quantitative estimate of drug-likeness (QED) is 0.627. The number of benzene rings is 1. The molecule has 0 aliphatic heterocycles. The summed E-state index contributed by atoms with van der Waals surface area (Å²) in [6, 6.07) is 7.11. The number of imidazole rings is 1. The van der Waals surface area contributed by atoms with Gasteiger partial charge in [0.05, 0.1) is 12.3 Å². The molecular weight excluding hydrogens is 310 g/mol. The number of carbonyl (C=O) groups excluding carboxylic acids is 1. The van der Waals surface area contributed by atoms with Crippen molar-refractivity contribution in [3.05, 3.63) is 41.7 Å². The molecule has 2 aromatic rings. The molecular formula is C14H16ClN3O2S. The fourth-order valence-corrected chi connectivity index (χ4v) is 2.45. The van der Waals surface area contributed by atoms with E-state index in [1.807, 2.05) is 17.8 Å². The van der Waals surface area contributed by atoms with Gasteiger partial charge in [0.25, 0.3) is 0 Å². The number of amides is 1. The van der Waals surface area contributed by atoms with E-state index in [4.69, 9.17) is 16.3 Å². The van der Waals surface area contributed by atoms with Crippen LogP contribution in [0.25, 0.3) is 0 Å². The molecule has 0 saturated carbocycles. The van der Waals surface area contributed by atoms with Crippen molar-refractivity contribution >= 4 is 29.3 Å². The zero-order valence-electron chi connectivity index (χ0n) is 11.6.